The highest BCUT2D eigenvalue weighted by atomic mass is 16.2. The van der Waals surface area contributed by atoms with E-state index in [9.17, 15) is 4.79 Å². The molecule has 0 spiro atoms. The van der Waals surface area contributed by atoms with Gasteiger partial charge in [0.05, 0.1) is 22.9 Å². The lowest BCUT2D eigenvalue weighted by atomic mass is 9.99. The molecule has 130 valence electrons. The molecular formula is C22H16N4O. The van der Waals surface area contributed by atoms with E-state index in [1.165, 1.54) is 0 Å². The minimum Gasteiger partial charge on any atom is -0.399 e. The van der Waals surface area contributed by atoms with Crippen LogP contribution < -0.4 is 16.4 Å². The Morgan fingerprint density at radius 2 is 1.81 bits per heavy atom. The van der Waals surface area contributed by atoms with Crippen LogP contribution in [0.1, 0.15) is 16.7 Å². The van der Waals surface area contributed by atoms with E-state index in [2.05, 4.69) is 16.7 Å². The average molecular weight is 352 g/mol. The summed E-state index contributed by atoms with van der Waals surface area (Å²) in [6.45, 7) is 0. The van der Waals surface area contributed by atoms with E-state index in [1.54, 1.807) is 36.4 Å². The molecule has 0 atom stereocenters. The molecule has 0 fully saturated rings. The van der Waals surface area contributed by atoms with Gasteiger partial charge in [-0.05, 0) is 42.0 Å². The standard InChI is InChI=1S/C22H16N4O/c23-13-14-5-4-8-17(11-14)25-21(15-6-2-1-3-7-15)20-18-12-16(24)9-10-19(18)26-22(20)27/h1-12,25H,24H2,(H,26,27)/b21-20-. The first kappa shape index (κ1) is 16.4. The Morgan fingerprint density at radius 1 is 1.00 bits per heavy atom. The summed E-state index contributed by atoms with van der Waals surface area (Å²) in [6.07, 6.45) is 0. The van der Waals surface area contributed by atoms with E-state index in [0.29, 0.717) is 22.5 Å². The van der Waals surface area contributed by atoms with Gasteiger partial charge in [0.1, 0.15) is 0 Å². The lowest BCUT2D eigenvalue weighted by molar-refractivity contribution is -0.110. The van der Waals surface area contributed by atoms with Crippen molar-refractivity contribution in [2.75, 3.05) is 16.4 Å². The normalized spacial score (nSPS) is 14.1. The predicted molar refractivity (Wildman–Crippen MR) is 108 cm³/mol. The van der Waals surface area contributed by atoms with Crippen LogP contribution in [0.5, 0.6) is 0 Å². The molecule has 5 heteroatoms. The van der Waals surface area contributed by atoms with Crippen molar-refractivity contribution in [2.45, 2.75) is 0 Å². The van der Waals surface area contributed by atoms with Crippen LogP contribution in [0.3, 0.4) is 0 Å². The molecule has 3 aromatic rings. The SMILES string of the molecule is N#Cc1cccc(N/C(=C2\C(=O)Nc3ccc(N)cc32)c2ccccc2)c1. The molecule has 0 aliphatic carbocycles. The largest absolute Gasteiger partial charge is 0.399 e. The highest BCUT2D eigenvalue weighted by Crippen LogP contribution is 2.38. The minimum atomic E-state index is -0.196. The number of benzene rings is 3. The fraction of sp³-hybridized carbons (Fsp3) is 0. The number of carbonyl (C=O) groups is 1. The van der Waals surface area contributed by atoms with Gasteiger partial charge in [-0.25, -0.2) is 0 Å². The van der Waals surface area contributed by atoms with Crippen LogP contribution in [0.15, 0.2) is 72.8 Å². The second-order valence-corrected chi connectivity index (χ2v) is 6.19. The molecule has 0 unspecified atom stereocenters. The summed E-state index contributed by atoms with van der Waals surface area (Å²) >= 11 is 0. The minimum absolute atomic E-state index is 0.196. The molecule has 1 aliphatic rings. The van der Waals surface area contributed by atoms with E-state index >= 15 is 0 Å². The van der Waals surface area contributed by atoms with Gasteiger partial charge in [-0.3, -0.25) is 4.79 Å². The van der Waals surface area contributed by atoms with Crippen molar-refractivity contribution < 1.29 is 4.79 Å². The highest BCUT2D eigenvalue weighted by Gasteiger charge is 2.28. The molecule has 0 saturated heterocycles. The number of nitrogens with zero attached hydrogens (tertiary/aromatic N) is 1. The number of carbonyl (C=O) groups excluding carboxylic acids is 1. The number of hydrogen-bond donors (Lipinski definition) is 3. The summed E-state index contributed by atoms with van der Waals surface area (Å²) in [5.74, 6) is -0.196. The lowest BCUT2D eigenvalue weighted by Crippen LogP contribution is -2.10. The van der Waals surface area contributed by atoms with Gasteiger partial charge in [0.25, 0.3) is 5.91 Å². The number of amides is 1. The molecule has 0 saturated carbocycles. The zero-order chi connectivity index (χ0) is 18.8. The van der Waals surface area contributed by atoms with Crippen LogP contribution in [0, 0.1) is 11.3 Å². The zero-order valence-electron chi connectivity index (χ0n) is 14.4. The van der Waals surface area contributed by atoms with Gasteiger partial charge in [-0.15, -0.1) is 0 Å². The van der Waals surface area contributed by atoms with Crippen molar-refractivity contribution in [2.24, 2.45) is 0 Å². The quantitative estimate of drug-likeness (QED) is 0.489. The van der Waals surface area contributed by atoms with Crippen LogP contribution in [0.4, 0.5) is 17.1 Å². The Kier molecular flexibility index (Phi) is 4.07. The van der Waals surface area contributed by atoms with Gasteiger partial charge < -0.3 is 16.4 Å². The van der Waals surface area contributed by atoms with Gasteiger partial charge in [-0.2, -0.15) is 5.26 Å². The van der Waals surface area contributed by atoms with Crippen molar-refractivity contribution in [3.8, 4) is 6.07 Å². The number of rotatable bonds is 3. The molecule has 27 heavy (non-hydrogen) atoms. The molecule has 4 N–H and O–H groups in total. The number of fused-ring (bicyclic) bond motifs is 1. The number of anilines is 3. The molecular weight excluding hydrogens is 336 g/mol. The molecule has 0 bridgehead atoms. The van der Waals surface area contributed by atoms with Crippen molar-refractivity contribution in [1.29, 1.82) is 5.26 Å². The first-order chi connectivity index (χ1) is 13.2. The van der Waals surface area contributed by atoms with Gasteiger partial charge in [0.2, 0.25) is 0 Å². The van der Waals surface area contributed by atoms with E-state index in [-0.39, 0.29) is 5.91 Å². The fourth-order valence-electron chi connectivity index (χ4n) is 3.13. The monoisotopic (exact) mass is 352 g/mol. The molecule has 1 amide bonds. The summed E-state index contributed by atoms with van der Waals surface area (Å²) in [4.78, 5) is 12.8. The molecule has 1 aliphatic heterocycles. The van der Waals surface area contributed by atoms with Gasteiger partial charge in [0, 0.05) is 22.6 Å². The molecule has 5 nitrogen and oxygen atoms in total. The first-order valence-corrected chi connectivity index (χ1v) is 8.44. The fourth-order valence-corrected chi connectivity index (χ4v) is 3.13. The number of hydrogen-bond acceptors (Lipinski definition) is 4. The molecule has 3 aromatic carbocycles. The Hall–Kier alpha value is -4.04. The lowest BCUT2D eigenvalue weighted by Gasteiger charge is -2.15. The maximum atomic E-state index is 12.8. The van der Waals surface area contributed by atoms with Crippen LogP contribution >= 0.6 is 0 Å². The first-order valence-electron chi connectivity index (χ1n) is 8.44. The Bertz CT molecular complexity index is 1110. The van der Waals surface area contributed by atoms with Gasteiger partial charge in [-0.1, -0.05) is 36.4 Å². The predicted octanol–water partition coefficient (Wildman–Crippen LogP) is 4.07. The summed E-state index contributed by atoms with van der Waals surface area (Å²) in [6, 6.07) is 24.2. The summed E-state index contributed by atoms with van der Waals surface area (Å²) in [7, 11) is 0. The molecule has 0 aromatic heterocycles. The number of nitrogens with one attached hydrogen (secondary N) is 2. The summed E-state index contributed by atoms with van der Waals surface area (Å²) in [5, 5.41) is 15.4. The van der Waals surface area contributed by atoms with Crippen LogP contribution in [0.25, 0.3) is 11.3 Å². The highest BCUT2D eigenvalue weighted by molar-refractivity contribution is 6.37. The zero-order valence-corrected chi connectivity index (χ0v) is 14.4. The van der Waals surface area contributed by atoms with Crippen molar-refractivity contribution >= 4 is 34.2 Å². The Balaban J connectivity index is 1.92. The smallest absolute Gasteiger partial charge is 0.258 e. The van der Waals surface area contributed by atoms with Gasteiger partial charge >= 0.3 is 0 Å². The van der Waals surface area contributed by atoms with Gasteiger partial charge in [0.15, 0.2) is 0 Å². The average Bonchev–Trinajstić information content (AvgIpc) is 3.02. The molecule has 4 rings (SSSR count). The topological polar surface area (TPSA) is 90.9 Å². The molecule has 0 radical (unpaired) electrons. The number of nitrogens with two attached hydrogens (primary N) is 1. The van der Waals surface area contributed by atoms with Crippen molar-refractivity contribution in [3.05, 3.63) is 89.5 Å². The third kappa shape index (κ3) is 3.12. The summed E-state index contributed by atoms with van der Waals surface area (Å²) < 4.78 is 0. The second-order valence-electron chi connectivity index (χ2n) is 6.19. The van der Waals surface area contributed by atoms with Crippen LogP contribution in [-0.4, -0.2) is 5.91 Å². The Labute approximate surface area is 156 Å². The third-order valence-corrected chi connectivity index (χ3v) is 4.36. The van der Waals surface area contributed by atoms with E-state index in [1.807, 2.05) is 36.4 Å². The van der Waals surface area contributed by atoms with E-state index in [0.717, 1.165) is 22.5 Å². The van der Waals surface area contributed by atoms with Crippen molar-refractivity contribution in [3.63, 3.8) is 0 Å². The van der Waals surface area contributed by atoms with E-state index < -0.39 is 0 Å². The maximum Gasteiger partial charge on any atom is 0.258 e. The maximum absolute atomic E-state index is 12.8. The second kappa shape index (κ2) is 6.70. The Morgan fingerprint density at radius 3 is 2.59 bits per heavy atom. The third-order valence-electron chi connectivity index (χ3n) is 4.36. The van der Waals surface area contributed by atoms with Crippen LogP contribution in [0.2, 0.25) is 0 Å². The summed E-state index contributed by atoms with van der Waals surface area (Å²) in [5.41, 5.74) is 11.3. The van der Waals surface area contributed by atoms with Crippen molar-refractivity contribution in [1.82, 2.24) is 0 Å². The van der Waals surface area contributed by atoms with E-state index in [4.69, 9.17) is 11.0 Å². The van der Waals surface area contributed by atoms with Crippen LogP contribution in [-0.2, 0) is 4.79 Å². The number of nitrogen functional groups attached to an aromatic ring is 1. The number of nitriles is 1. The molecule has 1 heterocycles.